The molecule has 3 saturated heterocycles. The first-order valence-electron chi connectivity index (χ1n) is 14.1. The molecule has 4 amide bonds. The van der Waals surface area contributed by atoms with Crippen LogP contribution in [-0.4, -0.2) is 117 Å². The number of morpholine rings is 2. The molecule has 40 heavy (non-hydrogen) atoms. The molecule has 0 aromatic heterocycles. The van der Waals surface area contributed by atoms with Gasteiger partial charge in [0.05, 0.1) is 50.7 Å². The fourth-order valence-electron chi connectivity index (χ4n) is 5.39. The summed E-state index contributed by atoms with van der Waals surface area (Å²) in [5.41, 5.74) is 2.78. The molecule has 212 valence electrons. The van der Waals surface area contributed by atoms with Crippen molar-refractivity contribution >= 4 is 12.1 Å². The number of benzene rings is 2. The average molecular weight is 548 g/mol. The predicted molar refractivity (Wildman–Crippen MR) is 149 cm³/mol. The highest BCUT2D eigenvalue weighted by Gasteiger charge is 2.39. The quantitative estimate of drug-likeness (QED) is 0.491. The largest absolute Gasteiger partial charge is 0.494 e. The highest BCUT2D eigenvalue weighted by molar-refractivity contribution is 5.94. The van der Waals surface area contributed by atoms with E-state index in [9.17, 15) is 9.59 Å². The van der Waals surface area contributed by atoms with Crippen LogP contribution in [0.4, 0.5) is 9.59 Å². The Labute approximate surface area is 235 Å². The summed E-state index contributed by atoms with van der Waals surface area (Å²) in [5.74, 6) is 0.815. The second kappa shape index (κ2) is 13.6. The molecule has 3 heterocycles. The van der Waals surface area contributed by atoms with Gasteiger partial charge in [-0.05, 0) is 48.2 Å². The number of nitriles is 1. The molecular weight excluding hydrogens is 510 g/mol. The normalized spacial score (nSPS) is 19.7. The van der Waals surface area contributed by atoms with Crippen LogP contribution in [0.25, 0.3) is 11.1 Å². The van der Waals surface area contributed by atoms with E-state index >= 15 is 0 Å². The second-order valence-electron chi connectivity index (χ2n) is 10.3. The van der Waals surface area contributed by atoms with Crippen molar-refractivity contribution in [1.82, 2.24) is 19.6 Å². The van der Waals surface area contributed by atoms with Crippen LogP contribution >= 0.6 is 0 Å². The van der Waals surface area contributed by atoms with Gasteiger partial charge in [0.25, 0.3) is 0 Å². The van der Waals surface area contributed by atoms with E-state index in [4.69, 9.17) is 19.5 Å². The fraction of sp³-hybridized carbons (Fsp3) is 0.500. The summed E-state index contributed by atoms with van der Waals surface area (Å²) in [6.07, 6.45) is 1.61. The van der Waals surface area contributed by atoms with E-state index < -0.39 is 0 Å². The lowest BCUT2D eigenvalue weighted by Crippen LogP contribution is -2.59. The summed E-state index contributed by atoms with van der Waals surface area (Å²) in [6.45, 7) is 6.97. The van der Waals surface area contributed by atoms with Gasteiger partial charge in [-0.1, -0.05) is 24.3 Å². The molecule has 0 unspecified atom stereocenters. The molecule has 3 fully saturated rings. The fourth-order valence-corrected chi connectivity index (χ4v) is 5.39. The lowest BCUT2D eigenvalue weighted by atomic mass is 10.0. The highest BCUT2D eigenvalue weighted by Crippen LogP contribution is 2.24. The Morgan fingerprint density at radius 3 is 1.95 bits per heavy atom. The first kappa shape index (κ1) is 27.9. The highest BCUT2D eigenvalue weighted by atomic mass is 16.5. The van der Waals surface area contributed by atoms with E-state index in [0.717, 1.165) is 42.8 Å². The number of hydrogen-bond donors (Lipinski definition) is 0. The van der Waals surface area contributed by atoms with Crippen molar-refractivity contribution in [1.29, 1.82) is 5.26 Å². The molecule has 3 aliphatic rings. The van der Waals surface area contributed by atoms with Crippen LogP contribution in [-0.2, 0) is 9.47 Å². The third-order valence-electron chi connectivity index (χ3n) is 7.68. The SMILES string of the molecule is N#Cc1ccc(-c2ccc(OCCCN3CC[C@@H](N(C(=O)N4CCOCC4)C(=O)N4CCOCC4)C3)cc2)cc1. The molecule has 0 N–H and O–H groups in total. The van der Waals surface area contributed by atoms with Crippen molar-refractivity contribution in [3.05, 3.63) is 54.1 Å². The van der Waals surface area contributed by atoms with Crippen molar-refractivity contribution in [2.24, 2.45) is 0 Å². The maximum Gasteiger partial charge on any atom is 0.328 e. The van der Waals surface area contributed by atoms with Crippen molar-refractivity contribution in [3.63, 3.8) is 0 Å². The Balaban J connectivity index is 1.11. The van der Waals surface area contributed by atoms with E-state index in [0.29, 0.717) is 71.3 Å². The summed E-state index contributed by atoms with van der Waals surface area (Å²) < 4.78 is 16.8. The van der Waals surface area contributed by atoms with E-state index in [1.165, 1.54) is 4.90 Å². The Morgan fingerprint density at radius 2 is 1.40 bits per heavy atom. The molecule has 0 spiro atoms. The molecule has 0 aliphatic carbocycles. The standard InChI is InChI=1S/C30H37N5O5/c31-22-24-2-4-25(5-3-24)26-6-8-28(9-7-26)40-17-1-11-32-12-10-27(23-32)35(29(36)33-13-18-38-19-14-33)30(37)34-15-20-39-21-16-34/h2-9,27H,1,10-21,23H2/t27-/m1/s1. The van der Waals surface area contributed by atoms with E-state index in [1.807, 2.05) is 48.5 Å². The van der Waals surface area contributed by atoms with Crippen LogP contribution in [0.2, 0.25) is 0 Å². The lowest BCUT2D eigenvalue weighted by Gasteiger charge is -2.38. The van der Waals surface area contributed by atoms with Gasteiger partial charge in [-0.25, -0.2) is 14.5 Å². The molecule has 10 nitrogen and oxygen atoms in total. The Hall–Kier alpha value is -3.65. The van der Waals surface area contributed by atoms with Gasteiger partial charge in [0.2, 0.25) is 0 Å². The van der Waals surface area contributed by atoms with Crippen molar-refractivity contribution in [3.8, 4) is 22.9 Å². The number of amides is 4. The topological polar surface area (TPSA) is 98.6 Å². The summed E-state index contributed by atoms with van der Waals surface area (Å²) in [5, 5.41) is 8.98. The smallest absolute Gasteiger partial charge is 0.328 e. The van der Waals surface area contributed by atoms with Crippen LogP contribution < -0.4 is 4.74 Å². The Bertz CT molecular complexity index is 1140. The van der Waals surface area contributed by atoms with Gasteiger partial charge in [-0.3, -0.25) is 0 Å². The van der Waals surface area contributed by atoms with Crippen LogP contribution in [0.3, 0.4) is 0 Å². The number of rotatable bonds is 7. The average Bonchev–Trinajstić information content (AvgIpc) is 3.49. The number of carbonyl (C=O) groups excluding carboxylic acids is 2. The molecule has 1 atom stereocenters. The minimum atomic E-state index is -0.209. The number of ether oxygens (including phenoxy) is 3. The van der Waals surface area contributed by atoms with Gasteiger partial charge in [0.15, 0.2) is 0 Å². The summed E-state index contributed by atoms with van der Waals surface area (Å²) in [7, 11) is 0. The second-order valence-corrected chi connectivity index (χ2v) is 10.3. The minimum absolute atomic E-state index is 0.152. The molecule has 2 aromatic carbocycles. The summed E-state index contributed by atoms with van der Waals surface area (Å²) in [4.78, 5) is 34.3. The van der Waals surface area contributed by atoms with Gasteiger partial charge in [-0.15, -0.1) is 0 Å². The predicted octanol–water partition coefficient (Wildman–Crippen LogP) is 3.27. The molecule has 10 heteroatoms. The third-order valence-corrected chi connectivity index (χ3v) is 7.68. The first-order valence-corrected chi connectivity index (χ1v) is 14.1. The van der Waals surface area contributed by atoms with Gasteiger partial charge in [0, 0.05) is 45.8 Å². The van der Waals surface area contributed by atoms with Crippen LogP contribution in [0.1, 0.15) is 18.4 Å². The van der Waals surface area contributed by atoms with Crippen molar-refractivity contribution < 1.29 is 23.8 Å². The van der Waals surface area contributed by atoms with Gasteiger partial charge >= 0.3 is 12.1 Å². The minimum Gasteiger partial charge on any atom is -0.494 e. The number of carbonyl (C=O) groups is 2. The summed E-state index contributed by atoms with van der Waals surface area (Å²) >= 11 is 0. The number of urea groups is 2. The van der Waals surface area contributed by atoms with Gasteiger partial charge in [0.1, 0.15) is 5.75 Å². The van der Waals surface area contributed by atoms with E-state index in [-0.39, 0.29) is 18.1 Å². The lowest BCUT2D eigenvalue weighted by molar-refractivity contribution is 0.0287. The van der Waals surface area contributed by atoms with Gasteiger partial charge < -0.3 is 28.9 Å². The van der Waals surface area contributed by atoms with Crippen molar-refractivity contribution in [2.45, 2.75) is 18.9 Å². The molecule has 3 aliphatic heterocycles. The molecule has 0 radical (unpaired) electrons. The number of likely N-dealkylation sites (tertiary alicyclic amines) is 1. The molecule has 0 bridgehead atoms. The zero-order valence-electron chi connectivity index (χ0n) is 22.9. The third kappa shape index (κ3) is 6.91. The number of imide groups is 1. The maximum atomic E-state index is 13.5. The number of nitrogens with zero attached hydrogens (tertiary/aromatic N) is 5. The number of hydrogen-bond acceptors (Lipinski definition) is 7. The monoisotopic (exact) mass is 547 g/mol. The molecule has 5 rings (SSSR count). The van der Waals surface area contributed by atoms with E-state index in [1.54, 1.807) is 9.80 Å². The molecule has 2 aromatic rings. The maximum absolute atomic E-state index is 13.5. The van der Waals surface area contributed by atoms with Crippen LogP contribution in [0, 0.1) is 11.3 Å². The molecule has 0 saturated carbocycles. The molecular formula is C30H37N5O5. The summed E-state index contributed by atoms with van der Waals surface area (Å²) in [6, 6.07) is 17.1. The Morgan fingerprint density at radius 1 is 0.850 bits per heavy atom. The zero-order valence-corrected chi connectivity index (χ0v) is 22.9. The van der Waals surface area contributed by atoms with Crippen LogP contribution in [0.5, 0.6) is 5.75 Å². The van der Waals surface area contributed by atoms with Gasteiger partial charge in [-0.2, -0.15) is 5.26 Å². The van der Waals surface area contributed by atoms with E-state index in [2.05, 4.69) is 11.0 Å². The first-order chi connectivity index (χ1) is 19.6. The zero-order chi connectivity index (χ0) is 27.7. The van der Waals surface area contributed by atoms with Crippen molar-refractivity contribution in [2.75, 3.05) is 78.8 Å². The van der Waals surface area contributed by atoms with Crippen LogP contribution in [0.15, 0.2) is 48.5 Å². The Kier molecular flexibility index (Phi) is 9.50.